The van der Waals surface area contributed by atoms with Gasteiger partial charge in [0.2, 0.25) is 0 Å². The van der Waals surface area contributed by atoms with Crippen LogP contribution in [0.1, 0.15) is 30.0 Å². The monoisotopic (exact) mass is 322 g/mol. The first-order chi connectivity index (χ1) is 11.8. The number of nitrogens with two attached hydrogens (primary N) is 1. The molecule has 0 radical (unpaired) electrons. The van der Waals surface area contributed by atoms with Crippen molar-refractivity contribution in [2.24, 2.45) is 10.7 Å². The van der Waals surface area contributed by atoms with Crippen LogP contribution in [0.25, 0.3) is 0 Å². The second kappa shape index (κ2) is 7.86. The molecule has 0 fully saturated rings. The molecule has 1 heterocycles. The molecule has 4 heteroatoms. The van der Waals surface area contributed by atoms with E-state index >= 15 is 0 Å². The van der Waals surface area contributed by atoms with Gasteiger partial charge in [-0.3, -0.25) is 0 Å². The maximum Gasteiger partial charge on any atom is 0.188 e. The van der Waals surface area contributed by atoms with Gasteiger partial charge in [-0.2, -0.15) is 0 Å². The van der Waals surface area contributed by atoms with Crippen molar-refractivity contribution < 1.29 is 0 Å². The Morgan fingerprint density at radius 1 is 1.12 bits per heavy atom. The minimum atomic E-state index is 0.523. The number of benzene rings is 2. The molecule has 3 rings (SSSR count). The average Bonchev–Trinajstić information content (AvgIpc) is 3.02. The molecule has 126 valence electrons. The summed E-state index contributed by atoms with van der Waals surface area (Å²) in [5.74, 6) is 0.523. The third kappa shape index (κ3) is 4.07. The number of nitrogens with zero attached hydrogens (tertiary/aromatic N) is 2. The van der Waals surface area contributed by atoms with Gasteiger partial charge >= 0.3 is 0 Å². The van der Waals surface area contributed by atoms with Gasteiger partial charge in [0.25, 0.3) is 0 Å². The Bertz CT molecular complexity index is 691. The first-order valence-corrected chi connectivity index (χ1v) is 8.70. The van der Waals surface area contributed by atoms with E-state index in [1.54, 1.807) is 0 Å². The van der Waals surface area contributed by atoms with Crippen LogP contribution in [0.15, 0.2) is 53.5 Å². The fourth-order valence-corrected chi connectivity index (χ4v) is 3.03. The van der Waals surface area contributed by atoms with Gasteiger partial charge < -0.3 is 16.0 Å². The predicted molar refractivity (Wildman–Crippen MR) is 101 cm³/mol. The molecular weight excluding hydrogens is 296 g/mol. The smallest absolute Gasteiger partial charge is 0.188 e. The summed E-state index contributed by atoms with van der Waals surface area (Å²) in [6, 6.07) is 17.4. The Morgan fingerprint density at radius 3 is 2.67 bits per heavy atom. The van der Waals surface area contributed by atoms with E-state index in [4.69, 9.17) is 5.73 Å². The number of rotatable bonds is 6. The number of fused-ring (bicyclic) bond motifs is 1. The van der Waals surface area contributed by atoms with Crippen LogP contribution in [0.2, 0.25) is 0 Å². The number of anilines is 1. The van der Waals surface area contributed by atoms with Gasteiger partial charge in [-0.05, 0) is 35.6 Å². The Balaban J connectivity index is 1.57. The van der Waals surface area contributed by atoms with Crippen LogP contribution in [-0.4, -0.2) is 19.0 Å². The molecule has 0 saturated carbocycles. The van der Waals surface area contributed by atoms with Crippen molar-refractivity contribution in [2.45, 2.75) is 32.9 Å². The van der Waals surface area contributed by atoms with Crippen molar-refractivity contribution in [3.05, 3.63) is 65.2 Å². The molecule has 2 aromatic rings. The molecule has 0 atom stereocenters. The highest BCUT2D eigenvalue weighted by atomic mass is 15.1. The summed E-state index contributed by atoms with van der Waals surface area (Å²) in [6.45, 7) is 5.66. The van der Waals surface area contributed by atoms with E-state index in [2.05, 4.69) is 70.7 Å². The minimum Gasteiger partial charge on any atom is -0.370 e. The van der Waals surface area contributed by atoms with Crippen molar-refractivity contribution >= 4 is 11.6 Å². The largest absolute Gasteiger partial charge is 0.370 e. The Labute approximate surface area is 144 Å². The zero-order chi connectivity index (χ0) is 16.8. The summed E-state index contributed by atoms with van der Waals surface area (Å²) in [4.78, 5) is 6.82. The maximum absolute atomic E-state index is 5.82. The van der Waals surface area contributed by atoms with Crippen LogP contribution in [0.3, 0.4) is 0 Å². The fourth-order valence-electron chi connectivity index (χ4n) is 3.03. The fraction of sp³-hybridized carbons (Fsp3) is 0.350. The van der Waals surface area contributed by atoms with Gasteiger partial charge in [0.1, 0.15) is 0 Å². The van der Waals surface area contributed by atoms with Crippen molar-refractivity contribution in [3.8, 4) is 0 Å². The Morgan fingerprint density at radius 2 is 1.88 bits per heavy atom. The number of para-hydroxylation sites is 1. The van der Waals surface area contributed by atoms with E-state index in [9.17, 15) is 0 Å². The van der Waals surface area contributed by atoms with Crippen LogP contribution in [0, 0.1) is 0 Å². The van der Waals surface area contributed by atoms with E-state index in [-0.39, 0.29) is 0 Å². The Hall–Kier alpha value is -2.49. The van der Waals surface area contributed by atoms with Crippen molar-refractivity contribution in [1.82, 2.24) is 5.32 Å². The highest BCUT2D eigenvalue weighted by Crippen LogP contribution is 2.28. The minimum absolute atomic E-state index is 0.523. The molecule has 0 aliphatic carbocycles. The summed E-state index contributed by atoms with van der Waals surface area (Å²) < 4.78 is 0. The second-order valence-electron chi connectivity index (χ2n) is 6.25. The summed E-state index contributed by atoms with van der Waals surface area (Å²) >= 11 is 0. The van der Waals surface area contributed by atoms with E-state index in [1.165, 1.54) is 22.4 Å². The molecule has 0 bridgehead atoms. The molecule has 0 aromatic heterocycles. The van der Waals surface area contributed by atoms with E-state index in [0.29, 0.717) is 12.5 Å². The topological polar surface area (TPSA) is 53.6 Å². The van der Waals surface area contributed by atoms with Crippen molar-refractivity contribution in [3.63, 3.8) is 0 Å². The number of nitrogens with one attached hydrogen (secondary N) is 1. The van der Waals surface area contributed by atoms with Crippen molar-refractivity contribution in [1.29, 1.82) is 0 Å². The summed E-state index contributed by atoms with van der Waals surface area (Å²) in [5, 5.41) is 3.09. The second-order valence-corrected chi connectivity index (χ2v) is 6.25. The van der Waals surface area contributed by atoms with Gasteiger partial charge in [0.15, 0.2) is 5.96 Å². The number of guanidine groups is 1. The standard InChI is InChI=1S/C20H26N4/c1-2-12-22-20(21)23-14-16-7-9-17(10-8-16)15-24-13-11-18-5-3-4-6-19(18)24/h3-10H,2,11-15H2,1H3,(H3,21,22,23). The molecule has 0 spiro atoms. The SMILES string of the molecule is CCCNC(N)=NCc1ccc(CN2CCc3ccccc32)cc1. The molecule has 4 nitrogen and oxygen atoms in total. The van der Waals surface area contributed by atoms with Gasteiger partial charge in [-0.15, -0.1) is 0 Å². The molecule has 1 aliphatic rings. The highest BCUT2D eigenvalue weighted by molar-refractivity contribution is 5.77. The normalized spacial score (nSPS) is 13.9. The Kier molecular flexibility index (Phi) is 5.36. The quantitative estimate of drug-likeness (QED) is 0.635. The number of hydrogen-bond acceptors (Lipinski definition) is 2. The van der Waals surface area contributed by atoms with Gasteiger partial charge in [0.05, 0.1) is 6.54 Å². The average molecular weight is 322 g/mol. The number of hydrogen-bond donors (Lipinski definition) is 2. The summed E-state index contributed by atoms with van der Waals surface area (Å²) in [7, 11) is 0. The van der Waals surface area contributed by atoms with Crippen LogP contribution < -0.4 is 16.0 Å². The lowest BCUT2D eigenvalue weighted by Gasteiger charge is -2.19. The summed E-state index contributed by atoms with van der Waals surface area (Å²) in [6.07, 6.45) is 2.19. The molecule has 0 amide bonds. The molecule has 2 aromatic carbocycles. The number of aliphatic imine (C=N–C) groups is 1. The zero-order valence-corrected chi connectivity index (χ0v) is 14.3. The third-order valence-electron chi connectivity index (χ3n) is 4.37. The van der Waals surface area contributed by atoms with Crippen molar-refractivity contribution in [2.75, 3.05) is 18.0 Å². The van der Waals surface area contributed by atoms with E-state index in [0.717, 1.165) is 32.5 Å². The van der Waals surface area contributed by atoms with E-state index in [1.807, 2.05) is 0 Å². The lowest BCUT2D eigenvalue weighted by molar-refractivity contribution is 0.824. The molecule has 24 heavy (non-hydrogen) atoms. The molecule has 3 N–H and O–H groups in total. The van der Waals surface area contributed by atoms with Crippen LogP contribution in [0.4, 0.5) is 5.69 Å². The lowest BCUT2D eigenvalue weighted by atomic mass is 10.1. The van der Waals surface area contributed by atoms with Crippen LogP contribution in [-0.2, 0) is 19.5 Å². The first-order valence-electron chi connectivity index (χ1n) is 8.70. The van der Waals surface area contributed by atoms with Gasteiger partial charge in [-0.1, -0.05) is 49.4 Å². The van der Waals surface area contributed by atoms with Gasteiger partial charge in [0, 0.05) is 25.3 Å². The lowest BCUT2D eigenvalue weighted by Crippen LogP contribution is -2.32. The third-order valence-corrected chi connectivity index (χ3v) is 4.37. The first kappa shape index (κ1) is 16.4. The van der Waals surface area contributed by atoms with Crippen LogP contribution in [0.5, 0.6) is 0 Å². The highest BCUT2D eigenvalue weighted by Gasteiger charge is 2.17. The zero-order valence-electron chi connectivity index (χ0n) is 14.3. The molecule has 0 unspecified atom stereocenters. The summed E-state index contributed by atoms with van der Waals surface area (Å²) in [5.41, 5.74) is 11.2. The molecule has 1 aliphatic heterocycles. The van der Waals surface area contributed by atoms with E-state index < -0.39 is 0 Å². The van der Waals surface area contributed by atoms with Crippen LogP contribution >= 0.6 is 0 Å². The maximum atomic E-state index is 5.82. The molecule has 0 saturated heterocycles. The van der Waals surface area contributed by atoms with Gasteiger partial charge in [-0.25, -0.2) is 4.99 Å². The predicted octanol–water partition coefficient (Wildman–Crippen LogP) is 3.06. The molecular formula is C20H26N4.